The van der Waals surface area contributed by atoms with Gasteiger partial charge in [0.2, 0.25) is 0 Å². The molecule has 0 aliphatic heterocycles. The van der Waals surface area contributed by atoms with E-state index in [4.69, 9.17) is 0 Å². The number of rotatable bonds is 6. The van der Waals surface area contributed by atoms with Gasteiger partial charge in [-0.3, -0.25) is 0 Å². The van der Waals surface area contributed by atoms with Gasteiger partial charge in [-0.1, -0.05) is 17.7 Å². The van der Waals surface area contributed by atoms with E-state index < -0.39 is 0 Å². The van der Waals surface area contributed by atoms with E-state index in [-0.39, 0.29) is 0 Å². The molecule has 0 atom stereocenters. The van der Waals surface area contributed by atoms with Crippen LogP contribution in [0.4, 0.5) is 0 Å². The zero-order valence-corrected chi connectivity index (χ0v) is 10.7. The highest BCUT2D eigenvalue weighted by Gasteiger charge is 2.25. The van der Waals surface area contributed by atoms with Gasteiger partial charge in [0.15, 0.2) is 0 Å². The number of benzene rings is 1. The van der Waals surface area contributed by atoms with E-state index in [9.17, 15) is 5.11 Å². The van der Waals surface area contributed by atoms with Crippen molar-refractivity contribution < 1.29 is 5.11 Å². The second kappa shape index (κ2) is 5.52. The van der Waals surface area contributed by atoms with Gasteiger partial charge < -0.3 is 15.3 Å². The summed E-state index contributed by atoms with van der Waals surface area (Å²) in [6.45, 7) is 4.84. The Bertz CT molecular complexity index is 374. The molecule has 0 bridgehead atoms. The molecule has 0 unspecified atom stereocenters. The summed E-state index contributed by atoms with van der Waals surface area (Å²) in [7, 11) is 2.18. The molecule has 0 radical (unpaired) electrons. The first-order valence-electron chi connectivity index (χ1n) is 6.36. The van der Waals surface area contributed by atoms with Crippen molar-refractivity contribution in [1.82, 2.24) is 10.2 Å². The number of nitrogens with zero attached hydrogens (tertiary/aromatic N) is 1. The Morgan fingerprint density at radius 2 is 2.18 bits per heavy atom. The highest BCUT2D eigenvalue weighted by Crippen LogP contribution is 2.24. The fourth-order valence-electron chi connectivity index (χ4n) is 2.03. The van der Waals surface area contributed by atoms with Gasteiger partial charge in [0.05, 0.1) is 0 Å². The number of hydrogen-bond acceptors (Lipinski definition) is 3. The van der Waals surface area contributed by atoms with Crippen molar-refractivity contribution in [1.29, 1.82) is 0 Å². The Morgan fingerprint density at radius 1 is 1.41 bits per heavy atom. The van der Waals surface area contributed by atoms with Crippen molar-refractivity contribution in [3.8, 4) is 5.75 Å². The molecule has 0 amide bonds. The first-order valence-corrected chi connectivity index (χ1v) is 6.36. The summed E-state index contributed by atoms with van der Waals surface area (Å²) in [5.41, 5.74) is 2.17. The molecule has 3 heteroatoms. The Hall–Kier alpha value is -1.06. The van der Waals surface area contributed by atoms with Crippen LogP contribution in [0.2, 0.25) is 0 Å². The fourth-order valence-corrected chi connectivity index (χ4v) is 2.03. The smallest absolute Gasteiger partial charge is 0.120 e. The number of phenolic OH excluding ortho intramolecular Hbond substituents is 1. The van der Waals surface area contributed by atoms with Crippen LogP contribution in [0.1, 0.15) is 24.0 Å². The van der Waals surface area contributed by atoms with E-state index in [0.29, 0.717) is 5.75 Å². The largest absolute Gasteiger partial charge is 0.508 e. The number of aryl methyl sites for hydroxylation is 1. The molecule has 0 saturated heterocycles. The lowest BCUT2D eigenvalue weighted by Gasteiger charge is -2.16. The summed E-state index contributed by atoms with van der Waals surface area (Å²) in [6.07, 6.45) is 2.71. The van der Waals surface area contributed by atoms with Crippen molar-refractivity contribution in [3.05, 3.63) is 29.3 Å². The quantitative estimate of drug-likeness (QED) is 0.738. The van der Waals surface area contributed by atoms with E-state index in [1.807, 2.05) is 19.1 Å². The average molecular weight is 234 g/mol. The molecular formula is C14H22N2O. The maximum Gasteiger partial charge on any atom is 0.120 e. The Balaban J connectivity index is 1.71. The van der Waals surface area contributed by atoms with Crippen molar-refractivity contribution in [2.45, 2.75) is 32.4 Å². The third-order valence-electron chi connectivity index (χ3n) is 3.36. The predicted molar refractivity (Wildman–Crippen MR) is 70.2 cm³/mol. The van der Waals surface area contributed by atoms with Crippen LogP contribution in [0, 0.1) is 6.92 Å². The summed E-state index contributed by atoms with van der Waals surface area (Å²) < 4.78 is 0. The molecule has 2 rings (SSSR count). The van der Waals surface area contributed by atoms with E-state index in [0.717, 1.165) is 31.2 Å². The molecule has 3 nitrogen and oxygen atoms in total. The minimum Gasteiger partial charge on any atom is -0.508 e. The van der Waals surface area contributed by atoms with Crippen molar-refractivity contribution in [3.63, 3.8) is 0 Å². The van der Waals surface area contributed by atoms with Gasteiger partial charge >= 0.3 is 0 Å². The third kappa shape index (κ3) is 3.72. The van der Waals surface area contributed by atoms with Crippen LogP contribution in [0.25, 0.3) is 0 Å². The molecule has 17 heavy (non-hydrogen) atoms. The van der Waals surface area contributed by atoms with Crippen LogP contribution in [-0.2, 0) is 6.54 Å². The number of aromatic hydroxyl groups is 1. The lowest BCUT2D eigenvalue weighted by atomic mass is 10.1. The zero-order chi connectivity index (χ0) is 12.3. The molecule has 0 aromatic heterocycles. The first kappa shape index (κ1) is 12.4. The first-order chi connectivity index (χ1) is 8.16. The van der Waals surface area contributed by atoms with Crippen LogP contribution in [0.3, 0.4) is 0 Å². The van der Waals surface area contributed by atoms with Crippen LogP contribution >= 0.6 is 0 Å². The molecule has 1 aliphatic carbocycles. The van der Waals surface area contributed by atoms with Gasteiger partial charge in [-0.2, -0.15) is 0 Å². The minimum absolute atomic E-state index is 0.388. The molecule has 2 N–H and O–H groups in total. The monoisotopic (exact) mass is 234 g/mol. The third-order valence-corrected chi connectivity index (χ3v) is 3.36. The maximum absolute atomic E-state index is 9.69. The molecule has 94 valence electrons. The summed E-state index contributed by atoms with van der Waals surface area (Å²) in [5, 5.41) is 13.1. The molecule has 1 fully saturated rings. The van der Waals surface area contributed by atoms with Crippen LogP contribution in [0.15, 0.2) is 18.2 Å². The van der Waals surface area contributed by atoms with Crippen LogP contribution in [-0.4, -0.2) is 36.2 Å². The van der Waals surface area contributed by atoms with Crippen LogP contribution in [0.5, 0.6) is 5.75 Å². The minimum atomic E-state index is 0.388. The molecule has 1 aromatic carbocycles. The Labute approximate surface area is 103 Å². The number of hydrogen-bond donors (Lipinski definition) is 2. The Kier molecular flexibility index (Phi) is 4.02. The van der Waals surface area contributed by atoms with E-state index in [1.54, 1.807) is 6.07 Å². The number of phenols is 1. The van der Waals surface area contributed by atoms with Crippen molar-refractivity contribution in [2.24, 2.45) is 0 Å². The maximum atomic E-state index is 9.69. The normalized spacial score (nSPS) is 15.5. The molecule has 1 saturated carbocycles. The van der Waals surface area contributed by atoms with Crippen molar-refractivity contribution >= 4 is 0 Å². The summed E-state index contributed by atoms with van der Waals surface area (Å²) in [5.74, 6) is 0.388. The average Bonchev–Trinajstić information content (AvgIpc) is 3.12. The summed E-state index contributed by atoms with van der Waals surface area (Å²) in [4.78, 5) is 2.41. The van der Waals surface area contributed by atoms with E-state index in [2.05, 4.69) is 17.3 Å². The summed E-state index contributed by atoms with van der Waals surface area (Å²) in [6, 6.07) is 6.55. The summed E-state index contributed by atoms with van der Waals surface area (Å²) >= 11 is 0. The fraction of sp³-hybridized carbons (Fsp3) is 0.571. The lowest BCUT2D eigenvalue weighted by Crippen LogP contribution is -2.30. The van der Waals surface area contributed by atoms with Gasteiger partial charge in [0.1, 0.15) is 5.75 Å². The van der Waals surface area contributed by atoms with Crippen LogP contribution < -0.4 is 5.32 Å². The topological polar surface area (TPSA) is 35.5 Å². The van der Waals surface area contributed by atoms with Crippen molar-refractivity contribution in [2.75, 3.05) is 20.1 Å². The number of likely N-dealkylation sites (N-methyl/N-ethyl adjacent to an activating group) is 1. The van der Waals surface area contributed by atoms with E-state index >= 15 is 0 Å². The van der Waals surface area contributed by atoms with Gasteiger partial charge in [-0.05, 0) is 32.9 Å². The highest BCUT2D eigenvalue weighted by molar-refractivity contribution is 5.35. The highest BCUT2D eigenvalue weighted by atomic mass is 16.3. The molecular weight excluding hydrogens is 212 g/mol. The van der Waals surface area contributed by atoms with Gasteiger partial charge in [-0.25, -0.2) is 0 Å². The van der Waals surface area contributed by atoms with E-state index in [1.165, 1.54) is 18.4 Å². The molecule has 1 aromatic rings. The predicted octanol–water partition coefficient (Wildman–Crippen LogP) is 1.88. The van der Waals surface area contributed by atoms with Gasteiger partial charge in [0, 0.05) is 31.2 Å². The molecule has 0 heterocycles. The second-order valence-corrected chi connectivity index (χ2v) is 5.02. The van der Waals surface area contributed by atoms with Gasteiger partial charge in [-0.15, -0.1) is 0 Å². The zero-order valence-electron chi connectivity index (χ0n) is 10.7. The number of nitrogens with one attached hydrogen (secondary N) is 1. The second-order valence-electron chi connectivity index (χ2n) is 5.02. The SMILES string of the molecule is Cc1ccc(O)c(CNCCN(C)C2CC2)c1. The molecule has 1 aliphatic rings. The Morgan fingerprint density at radius 3 is 2.88 bits per heavy atom. The standard InChI is InChI=1S/C14H22N2O/c1-11-3-6-14(17)12(9-11)10-15-7-8-16(2)13-4-5-13/h3,6,9,13,15,17H,4-5,7-8,10H2,1-2H3. The molecule has 0 spiro atoms. The van der Waals surface area contributed by atoms with Gasteiger partial charge in [0.25, 0.3) is 0 Å². The lowest BCUT2D eigenvalue weighted by molar-refractivity contribution is 0.321.